The summed E-state index contributed by atoms with van der Waals surface area (Å²) in [5, 5.41) is 9.31. The molecule has 0 amide bonds. The number of alkyl halides is 3. The van der Waals surface area contributed by atoms with Gasteiger partial charge in [0.05, 0.1) is 5.56 Å². The smallest absolute Gasteiger partial charge is 0.416 e. The van der Waals surface area contributed by atoms with Crippen LogP contribution in [-0.4, -0.2) is 5.11 Å². The third kappa shape index (κ3) is 3.60. The summed E-state index contributed by atoms with van der Waals surface area (Å²) in [5.41, 5.74) is -0.0683. The molecule has 0 aliphatic heterocycles. The van der Waals surface area contributed by atoms with Gasteiger partial charge in [-0.2, -0.15) is 13.2 Å². The van der Waals surface area contributed by atoms with Crippen LogP contribution in [0, 0.1) is 5.82 Å². The van der Waals surface area contributed by atoms with Gasteiger partial charge in [0.1, 0.15) is 11.6 Å². The van der Waals surface area contributed by atoms with Gasteiger partial charge in [-0.1, -0.05) is 24.3 Å². The van der Waals surface area contributed by atoms with E-state index in [4.69, 9.17) is 0 Å². The maximum Gasteiger partial charge on any atom is 0.416 e. The molecule has 2 aromatic carbocycles. The predicted octanol–water partition coefficient (Wildman–Crippen LogP) is 4.72. The van der Waals surface area contributed by atoms with Crippen molar-refractivity contribution in [1.82, 2.24) is 0 Å². The summed E-state index contributed by atoms with van der Waals surface area (Å²) in [6.07, 6.45) is -1.56. The molecule has 2 aromatic rings. The fraction of sp³-hybridized carbons (Fsp3) is 0.0667. The first-order valence-corrected chi connectivity index (χ1v) is 5.69. The Balaban J connectivity index is 2.29. The van der Waals surface area contributed by atoms with E-state index in [1.807, 2.05) is 0 Å². The lowest BCUT2D eigenvalue weighted by Crippen LogP contribution is -2.04. The first kappa shape index (κ1) is 14.1. The van der Waals surface area contributed by atoms with Crippen LogP contribution < -0.4 is 0 Å². The van der Waals surface area contributed by atoms with Crippen molar-refractivity contribution in [2.24, 2.45) is 0 Å². The highest BCUT2D eigenvalue weighted by Gasteiger charge is 2.31. The molecule has 0 saturated carbocycles. The topological polar surface area (TPSA) is 20.2 Å². The van der Waals surface area contributed by atoms with E-state index in [1.54, 1.807) is 0 Å². The molecule has 0 bridgehead atoms. The third-order valence-electron chi connectivity index (χ3n) is 2.61. The number of phenolic OH excluding ortho intramolecular Hbond substituents is 1. The number of hydrogen-bond acceptors (Lipinski definition) is 1. The largest absolute Gasteiger partial charge is 0.508 e. The minimum absolute atomic E-state index is 0.210. The Labute approximate surface area is 112 Å². The summed E-state index contributed by atoms with van der Waals surface area (Å²) in [5.74, 6) is -0.850. The molecule has 1 nitrogen and oxygen atoms in total. The van der Waals surface area contributed by atoms with Gasteiger partial charge in [-0.25, -0.2) is 4.39 Å². The van der Waals surface area contributed by atoms with Crippen LogP contribution >= 0.6 is 0 Å². The van der Waals surface area contributed by atoms with E-state index in [9.17, 15) is 22.7 Å². The van der Waals surface area contributed by atoms with Crippen LogP contribution in [0.15, 0.2) is 42.5 Å². The highest BCUT2D eigenvalue weighted by Crippen LogP contribution is 2.32. The highest BCUT2D eigenvalue weighted by atomic mass is 19.4. The normalized spacial score (nSPS) is 12.0. The first-order chi connectivity index (χ1) is 9.34. The van der Waals surface area contributed by atoms with Crippen molar-refractivity contribution in [2.75, 3.05) is 0 Å². The Hall–Kier alpha value is -2.30. The van der Waals surface area contributed by atoms with Crippen molar-refractivity contribution < 1.29 is 22.7 Å². The summed E-state index contributed by atoms with van der Waals surface area (Å²) in [7, 11) is 0. The van der Waals surface area contributed by atoms with Crippen LogP contribution in [0.25, 0.3) is 12.2 Å². The molecule has 0 heterocycles. The van der Waals surface area contributed by atoms with Gasteiger partial charge in [-0.15, -0.1) is 0 Å². The first-order valence-electron chi connectivity index (χ1n) is 5.69. The molecular formula is C15H10F4O. The second-order valence-corrected chi connectivity index (χ2v) is 4.20. The Morgan fingerprint density at radius 2 is 1.45 bits per heavy atom. The number of benzene rings is 2. The van der Waals surface area contributed by atoms with Gasteiger partial charge in [-0.3, -0.25) is 0 Å². The molecule has 1 N–H and O–H groups in total. The summed E-state index contributed by atoms with van der Waals surface area (Å²) in [6.45, 7) is 0. The van der Waals surface area contributed by atoms with Gasteiger partial charge >= 0.3 is 6.18 Å². The van der Waals surface area contributed by atoms with E-state index in [-0.39, 0.29) is 11.4 Å². The molecule has 0 fully saturated rings. The number of aromatic hydroxyl groups is 1. The zero-order valence-corrected chi connectivity index (χ0v) is 10.2. The van der Waals surface area contributed by atoms with E-state index in [1.165, 1.54) is 42.5 Å². The van der Waals surface area contributed by atoms with Gasteiger partial charge in [0.15, 0.2) is 0 Å². The minimum Gasteiger partial charge on any atom is -0.508 e. The minimum atomic E-state index is -4.52. The van der Waals surface area contributed by atoms with Crippen molar-refractivity contribution in [3.63, 3.8) is 0 Å². The fourth-order valence-electron chi connectivity index (χ4n) is 1.66. The zero-order valence-electron chi connectivity index (χ0n) is 10.2. The van der Waals surface area contributed by atoms with Crippen LogP contribution in [0.1, 0.15) is 16.7 Å². The molecule has 0 aromatic heterocycles. The standard InChI is InChI=1S/C15H10F4O/c16-13-5-3-10(4-6-13)1-2-11-7-12(15(17,18)19)9-14(20)8-11/h1-9,20H/b2-1+. The maximum atomic E-state index is 12.7. The van der Waals surface area contributed by atoms with Crippen molar-refractivity contribution >= 4 is 12.2 Å². The van der Waals surface area contributed by atoms with Crippen molar-refractivity contribution in [3.8, 4) is 5.75 Å². The highest BCUT2D eigenvalue weighted by molar-refractivity contribution is 5.70. The van der Waals surface area contributed by atoms with Crippen LogP contribution in [0.3, 0.4) is 0 Å². The lowest BCUT2D eigenvalue weighted by Gasteiger charge is -2.08. The van der Waals surface area contributed by atoms with Crippen LogP contribution in [0.2, 0.25) is 0 Å². The number of phenols is 1. The van der Waals surface area contributed by atoms with Gasteiger partial charge in [-0.05, 0) is 41.5 Å². The summed E-state index contributed by atoms with van der Waals surface area (Å²) >= 11 is 0. The van der Waals surface area contributed by atoms with Crippen LogP contribution in [-0.2, 0) is 6.18 Å². The second kappa shape index (κ2) is 5.36. The molecule has 5 heteroatoms. The van der Waals surface area contributed by atoms with Crippen LogP contribution in [0.4, 0.5) is 17.6 Å². The third-order valence-corrected chi connectivity index (χ3v) is 2.61. The van der Waals surface area contributed by atoms with E-state index >= 15 is 0 Å². The molecule has 20 heavy (non-hydrogen) atoms. The molecule has 0 unspecified atom stereocenters. The lowest BCUT2D eigenvalue weighted by molar-refractivity contribution is -0.137. The van der Waals surface area contributed by atoms with Crippen LogP contribution in [0.5, 0.6) is 5.75 Å². The number of rotatable bonds is 2. The predicted molar refractivity (Wildman–Crippen MR) is 68.4 cm³/mol. The van der Waals surface area contributed by atoms with Crippen molar-refractivity contribution in [3.05, 3.63) is 65.0 Å². The fourth-order valence-corrected chi connectivity index (χ4v) is 1.66. The van der Waals surface area contributed by atoms with Gasteiger partial charge in [0.25, 0.3) is 0 Å². The molecule has 0 aliphatic rings. The zero-order chi connectivity index (χ0) is 14.8. The average Bonchev–Trinajstić information content (AvgIpc) is 2.36. The summed E-state index contributed by atoms with van der Waals surface area (Å²) in [6, 6.07) is 8.31. The quantitative estimate of drug-likeness (QED) is 0.624. The molecular weight excluding hydrogens is 272 g/mol. The van der Waals surface area contributed by atoms with E-state index in [0.29, 0.717) is 11.6 Å². The molecule has 0 spiro atoms. The molecule has 0 saturated heterocycles. The van der Waals surface area contributed by atoms with Gasteiger partial charge < -0.3 is 5.11 Å². The lowest BCUT2D eigenvalue weighted by atomic mass is 10.1. The maximum absolute atomic E-state index is 12.7. The SMILES string of the molecule is Oc1cc(/C=C/c2ccc(F)cc2)cc(C(F)(F)F)c1. The number of hydrogen-bond donors (Lipinski definition) is 1. The van der Waals surface area contributed by atoms with Gasteiger partial charge in [0, 0.05) is 0 Å². The molecule has 0 radical (unpaired) electrons. The number of halogens is 4. The second-order valence-electron chi connectivity index (χ2n) is 4.20. The Morgan fingerprint density at radius 1 is 0.850 bits per heavy atom. The monoisotopic (exact) mass is 282 g/mol. The Morgan fingerprint density at radius 3 is 2.05 bits per heavy atom. The molecule has 0 atom stereocenters. The average molecular weight is 282 g/mol. The Bertz CT molecular complexity index is 627. The van der Waals surface area contributed by atoms with E-state index in [0.717, 1.165) is 6.07 Å². The van der Waals surface area contributed by atoms with Crippen molar-refractivity contribution in [2.45, 2.75) is 6.18 Å². The summed E-state index contributed by atoms with van der Waals surface area (Å²) < 4.78 is 50.4. The molecule has 104 valence electrons. The summed E-state index contributed by atoms with van der Waals surface area (Å²) in [4.78, 5) is 0. The van der Waals surface area contributed by atoms with E-state index in [2.05, 4.69) is 0 Å². The molecule has 0 aliphatic carbocycles. The van der Waals surface area contributed by atoms with Gasteiger partial charge in [0.2, 0.25) is 0 Å². The molecule has 2 rings (SSSR count). The Kier molecular flexibility index (Phi) is 3.79. The van der Waals surface area contributed by atoms with Crippen molar-refractivity contribution in [1.29, 1.82) is 0 Å². The van der Waals surface area contributed by atoms with E-state index < -0.39 is 17.5 Å².